The van der Waals surface area contributed by atoms with Crippen LogP contribution in [0.25, 0.3) is 22.8 Å². The molecule has 3 rings (SSSR count). The lowest BCUT2D eigenvalue weighted by Gasteiger charge is -2.01. The number of nitrogens with two attached hydrogens (primary N) is 1. The van der Waals surface area contributed by atoms with Crippen LogP contribution in [-0.4, -0.2) is 10.1 Å². The van der Waals surface area contributed by atoms with Gasteiger partial charge in [0.1, 0.15) is 0 Å². The molecule has 0 saturated heterocycles. The van der Waals surface area contributed by atoms with Crippen LogP contribution in [-0.2, 0) is 0 Å². The maximum absolute atomic E-state index is 5.67. The maximum atomic E-state index is 5.67. The van der Waals surface area contributed by atoms with Gasteiger partial charge in [-0.15, -0.1) is 0 Å². The molecule has 0 bridgehead atoms. The van der Waals surface area contributed by atoms with Gasteiger partial charge in [-0.3, -0.25) is 0 Å². The van der Waals surface area contributed by atoms with Crippen LogP contribution in [0.2, 0.25) is 0 Å². The lowest BCUT2D eigenvalue weighted by atomic mass is 10.1. The average molecular weight is 265 g/mol. The minimum absolute atomic E-state index is 0.500. The summed E-state index contributed by atoms with van der Waals surface area (Å²) in [4.78, 5) is 4.45. The molecule has 0 aliphatic rings. The summed E-state index contributed by atoms with van der Waals surface area (Å²) >= 11 is 0. The highest BCUT2D eigenvalue weighted by Gasteiger charge is 2.12. The van der Waals surface area contributed by atoms with Crippen LogP contribution in [0.4, 0.5) is 5.69 Å². The summed E-state index contributed by atoms with van der Waals surface area (Å²) in [5.74, 6) is 1.11. The Kier molecular flexibility index (Phi) is 2.99. The van der Waals surface area contributed by atoms with Crippen molar-refractivity contribution in [3.8, 4) is 22.8 Å². The molecule has 0 aliphatic carbocycles. The molecule has 0 amide bonds. The topological polar surface area (TPSA) is 64.9 Å². The molecule has 4 heteroatoms. The number of aromatic nitrogens is 2. The smallest absolute Gasteiger partial charge is 0.258 e. The molecule has 4 nitrogen and oxygen atoms in total. The highest BCUT2D eigenvalue weighted by atomic mass is 16.5. The number of hydrogen-bond acceptors (Lipinski definition) is 4. The van der Waals surface area contributed by atoms with Gasteiger partial charge in [0.05, 0.1) is 0 Å². The zero-order chi connectivity index (χ0) is 14.1. The van der Waals surface area contributed by atoms with Gasteiger partial charge in [0, 0.05) is 16.8 Å². The van der Waals surface area contributed by atoms with E-state index in [0.717, 1.165) is 16.7 Å². The van der Waals surface area contributed by atoms with E-state index in [-0.39, 0.29) is 0 Å². The largest absolute Gasteiger partial charge is 0.399 e. The Labute approximate surface area is 117 Å². The molecule has 2 aromatic carbocycles. The first-order chi connectivity index (χ1) is 9.63. The summed E-state index contributed by atoms with van der Waals surface area (Å²) in [7, 11) is 0. The number of benzene rings is 2. The Morgan fingerprint density at radius 3 is 2.45 bits per heavy atom. The summed E-state index contributed by atoms with van der Waals surface area (Å²) in [6, 6.07) is 13.5. The molecular weight excluding hydrogens is 250 g/mol. The zero-order valence-electron chi connectivity index (χ0n) is 11.4. The second-order valence-corrected chi connectivity index (χ2v) is 4.86. The van der Waals surface area contributed by atoms with Crippen LogP contribution in [0.5, 0.6) is 0 Å². The minimum Gasteiger partial charge on any atom is -0.399 e. The van der Waals surface area contributed by atoms with Crippen LogP contribution in [0.3, 0.4) is 0 Å². The monoisotopic (exact) mass is 265 g/mol. The first kappa shape index (κ1) is 12.4. The normalized spacial score (nSPS) is 10.7. The maximum Gasteiger partial charge on any atom is 0.258 e. The second kappa shape index (κ2) is 4.81. The molecule has 1 aromatic heterocycles. The molecule has 3 aromatic rings. The van der Waals surface area contributed by atoms with Gasteiger partial charge in [0.2, 0.25) is 5.82 Å². The van der Waals surface area contributed by atoms with Gasteiger partial charge in [0.25, 0.3) is 5.89 Å². The minimum atomic E-state index is 0.500. The number of rotatable bonds is 2. The zero-order valence-corrected chi connectivity index (χ0v) is 11.4. The predicted octanol–water partition coefficient (Wildman–Crippen LogP) is 3.60. The van der Waals surface area contributed by atoms with Gasteiger partial charge < -0.3 is 10.3 Å². The number of hydrogen-bond donors (Lipinski definition) is 1. The number of nitrogen functional groups attached to an aromatic ring is 1. The molecule has 0 radical (unpaired) electrons. The van der Waals surface area contributed by atoms with Crippen molar-refractivity contribution >= 4 is 5.69 Å². The highest BCUT2D eigenvalue weighted by Crippen LogP contribution is 2.25. The van der Waals surface area contributed by atoms with E-state index < -0.39 is 0 Å². The molecule has 100 valence electrons. The SMILES string of the molecule is Cc1ccc(-c2noc(-c3ccc(N)cc3)n2)c(C)c1. The molecule has 0 unspecified atom stereocenters. The van der Waals surface area contributed by atoms with Crippen molar-refractivity contribution in [2.24, 2.45) is 0 Å². The second-order valence-electron chi connectivity index (χ2n) is 4.86. The van der Waals surface area contributed by atoms with Crippen molar-refractivity contribution in [3.05, 3.63) is 53.6 Å². The number of nitrogens with zero attached hydrogens (tertiary/aromatic N) is 2. The third kappa shape index (κ3) is 2.28. The van der Waals surface area contributed by atoms with Crippen molar-refractivity contribution < 1.29 is 4.52 Å². The fraction of sp³-hybridized carbons (Fsp3) is 0.125. The Morgan fingerprint density at radius 1 is 1.00 bits per heavy atom. The predicted molar refractivity (Wildman–Crippen MR) is 79.1 cm³/mol. The highest BCUT2D eigenvalue weighted by molar-refractivity contribution is 5.64. The van der Waals surface area contributed by atoms with E-state index in [9.17, 15) is 0 Å². The fourth-order valence-electron chi connectivity index (χ4n) is 2.14. The van der Waals surface area contributed by atoms with Gasteiger partial charge in [-0.1, -0.05) is 28.9 Å². The third-order valence-electron chi connectivity index (χ3n) is 3.21. The van der Waals surface area contributed by atoms with Crippen molar-refractivity contribution in [3.63, 3.8) is 0 Å². The Morgan fingerprint density at radius 2 is 1.75 bits per heavy atom. The van der Waals surface area contributed by atoms with E-state index in [1.54, 1.807) is 0 Å². The number of aryl methyl sites for hydroxylation is 2. The van der Waals surface area contributed by atoms with Crippen LogP contribution < -0.4 is 5.73 Å². The number of anilines is 1. The Balaban J connectivity index is 1.99. The van der Waals surface area contributed by atoms with Gasteiger partial charge in [0.15, 0.2) is 0 Å². The Bertz CT molecular complexity index is 745. The molecular formula is C16H15N3O. The van der Waals surface area contributed by atoms with Crippen molar-refractivity contribution in [2.75, 3.05) is 5.73 Å². The van der Waals surface area contributed by atoms with Crippen LogP contribution in [0, 0.1) is 13.8 Å². The van der Waals surface area contributed by atoms with Gasteiger partial charge in [-0.25, -0.2) is 0 Å². The van der Waals surface area contributed by atoms with Gasteiger partial charge in [-0.05, 0) is 43.7 Å². The first-order valence-corrected chi connectivity index (χ1v) is 6.41. The molecule has 0 saturated carbocycles. The van der Waals surface area contributed by atoms with E-state index in [1.807, 2.05) is 43.3 Å². The molecule has 0 atom stereocenters. The lowest BCUT2D eigenvalue weighted by Crippen LogP contribution is -1.87. The molecule has 0 fully saturated rings. The molecule has 2 N–H and O–H groups in total. The third-order valence-corrected chi connectivity index (χ3v) is 3.21. The van der Waals surface area contributed by atoms with E-state index in [4.69, 9.17) is 10.3 Å². The van der Waals surface area contributed by atoms with Crippen LogP contribution in [0.15, 0.2) is 47.0 Å². The van der Waals surface area contributed by atoms with E-state index in [1.165, 1.54) is 5.56 Å². The summed E-state index contributed by atoms with van der Waals surface area (Å²) < 4.78 is 5.33. The van der Waals surface area contributed by atoms with Crippen LogP contribution in [0.1, 0.15) is 11.1 Å². The van der Waals surface area contributed by atoms with Gasteiger partial charge >= 0.3 is 0 Å². The summed E-state index contributed by atoms with van der Waals surface area (Å²) in [5.41, 5.74) is 10.6. The van der Waals surface area contributed by atoms with Gasteiger partial charge in [-0.2, -0.15) is 4.98 Å². The summed E-state index contributed by atoms with van der Waals surface area (Å²) in [6.45, 7) is 4.11. The van der Waals surface area contributed by atoms with E-state index >= 15 is 0 Å². The fourth-order valence-corrected chi connectivity index (χ4v) is 2.14. The van der Waals surface area contributed by atoms with Crippen molar-refractivity contribution in [1.82, 2.24) is 10.1 Å². The Hall–Kier alpha value is -2.62. The molecule has 0 aliphatic heterocycles. The molecule has 20 heavy (non-hydrogen) atoms. The molecule has 1 heterocycles. The average Bonchev–Trinajstić information content (AvgIpc) is 2.89. The van der Waals surface area contributed by atoms with Crippen molar-refractivity contribution in [2.45, 2.75) is 13.8 Å². The van der Waals surface area contributed by atoms with E-state index in [0.29, 0.717) is 17.4 Å². The lowest BCUT2D eigenvalue weighted by molar-refractivity contribution is 0.432. The standard InChI is InChI=1S/C16H15N3O/c1-10-3-8-14(11(2)9-10)15-18-16(20-19-15)12-4-6-13(17)7-5-12/h3-9H,17H2,1-2H3. The summed E-state index contributed by atoms with van der Waals surface area (Å²) in [6.07, 6.45) is 0. The van der Waals surface area contributed by atoms with Crippen molar-refractivity contribution in [1.29, 1.82) is 0 Å². The van der Waals surface area contributed by atoms with Crippen LogP contribution >= 0.6 is 0 Å². The van der Waals surface area contributed by atoms with E-state index in [2.05, 4.69) is 23.1 Å². The quantitative estimate of drug-likeness (QED) is 0.719. The first-order valence-electron chi connectivity index (χ1n) is 6.41. The summed E-state index contributed by atoms with van der Waals surface area (Å²) in [5, 5.41) is 4.06. The molecule has 0 spiro atoms.